The molecule has 2 aliphatic rings. The fourth-order valence-corrected chi connectivity index (χ4v) is 5.24. The molecule has 0 bridgehead atoms. The third kappa shape index (κ3) is 6.90. The second-order valence-corrected chi connectivity index (χ2v) is 9.42. The first kappa shape index (κ1) is 23.0. The molecule has 0 spiro atoms. The lowest BCUT2D eigenvalue weighted by Crippen LogP contribution is -2.42. The molecule has 2 fully saturated rings. The van der Waals surface area contributed by atoms with Crippen molar-refractivity contribution in [3.63, 3.8) is 0 Å². The van der Waals surface area contributed by atoms with Crippen molar-refractivity contribution in [2.45, 2.75) is 64.1 Å². The molecule has 1 saturated heterocycles. The highest BCUT2D eigenvalue weighted by atomic mass is 16.2. The number of benzene rings is 1. The Bertz CT molecular complexity index is 857. The van der Waals surface area contributed by atoms with E-state index >= 15 is 0 Å². The molecule has 1 aliphatic carbocycles. The van der Waals surface area contributed by atoms with E-state index in [1.807, 2.05) is 18.5 Å². The van der Waals surface area contributed by atoms with Crippen molar-refractivity contribution in [1.82, 2.24) is 14.8 Å². The van der Waals surface area contributed by atoms with E-state index in [1.54, 1.807) is 0 Å². The van der Waals surface area contributed by atoms with Gasteiger partial charge in [-0.2, -0.15) is 0 Å². The molecule has 1 aromatic heterocycles. The number of likely N-dealkylation sites (tertiary alicyclic amines) is 1. The van der Waals surface area contributed by atoms with Crippen LogP contribution in [-0.4, -0.2) is 52.2 Å². The predicted octanol–water partition coefficient (Wildman–Crippen LogP) is 4.47. The third-order valence-corrected chi connectivity index (χ3v) is 6.97. The molecule has 2 aromatic rings. The van der Waals surface area contributed by atoms with Crippen LogP contribution in [0.4, 0.5) is 0 Å². The number of piperidine rings is 1. The van der Waals surface area contributed by atoms with Crippen LogP contribution in [-0.2, 0) is 13.1 Å². The Morgan fingerprint density at radius 1 is 0.969 bits per heavy atom. The van der Waals surface area contributed by atoms with Gasteiger partial charge in [-0.25, -0.2) is 0 Å². The van der Waals surface area contributed by atoms with Crippen LogP contribution in [0.5, 0.6) is 0 Å². The van der Waals surface area contributed by atoms with Crippen molar-refractivity contribution >= 4 is 0 Å². The van der Waals surface area contributed by atoms with E-state index in [0.29, 0.717) is 6.42 Å². The van der Waals surface area contributed by atoms with Gasteiger partial charge in [0.1, 0.15) is 0 Å². The number of aliphatic hydroxyl groups is 1. The highest BCUT2D eigenvalue weighted by molar-refractivity contribution is 5.36. The minimum atomic E-state index is 0.119. The highest BCUT2D eigenvalue weighted by Gasteiger charge is 2.28. The molecule has 0 radical (unpaired) electrons. The summed E-state index contributed by atoms with van der Waals surface area (Å²) in [5.74, 6) is 6.89. The summed E-state index contributed by atoms with van der Waals surface area (Å²) in [7, 11) is 0. The molecular formula is C28H37N3O. The normalized spacial score (nSPS) is 18.1. The van der Waals surface area contributed by atoms with Crippen LogP contribution < -0.4 is 0 Å². The van der Waals surface area contributed by atoms with Gasteiger partial charge in [0.25, 0.3) is 0 Å². The summed E-state index contributed by atoms with van der Waals surface area (Å²) in [5.41, 5.74) is 3.62. The monoisotopic (exact) mass is 431 g/mol. The Morgan fingerprint density at radius 3 is 2.41 bits per heavy atom. The zero-order valence-corrected chi connectivity index (χ0v) is 19.3. The molecule has 0 amide bonds. The van der Waals surface area contributed by atoms with Crippen LogP contribution in [0, 0.1) is 17.8 Å². The molecule has 1 aromatic carbocycles. The van der Waals surface area contributed by atoms with Crippen LogP contribution in [0.1, 0.15) is 61.6 Å². The van der Waals surface area contributed by atoms with Crippen molar-refractivity contribution in [3.05, 3.63) is 65.5 Å². The summed E-state index contributed by atoms with van der Waals surface area (Å²) in [4.78, 5) is 9.69. The van der Waals surface area contributed by atoms with Crippen LogP contribution in [0.25, 0.3) is 0 Å². The fourth-order valence-electron chi connectivity index (χ4n) is 5.24. The molecule has 1 aliphatic heterocycles. The minimum Gasteiger partial charge on any atom is -0.395 e. The van der Waals surface area contributed by atoms with E-state index in [1.165, 1.54) is 62.7 Å². The van der Waals surface area contributed by atoms with Crippen molar-refractivity contribution in [2.24, 2.45) is 5.92 Å². The fraction of sp³-hybridized carbons (Fsp3) is 0.536. The SMILES string of the molecule is OCCC#Cc1ccc(CN(Cc2cccnc2)CC2CCN(C3CCCC3)CC2)cc1. The zero-order chi connectivity index (χ0) is 22.0. The standard InChI is InChI=1S/C28H37N3O/c32-19-4-3-6-24-10-12-25(13-11-24)21-30(23-27-7-5-16-29-20-27)22-26-14-17-31(18-15-26)28-8-1-2-9-28/h5,7,10-13,16,20,26,28,32H,1-2,4,8-9,14-15,17-19,21-23H2. The molecule has 4 heteroatoms. The minimum absolute atomic E-state index is 0.119. The number of aliphatic hydroxyl groups excluding tert-OH is 1. The molecule has 4 rings (SSSR count). The van der Waals surface area contributed by atoms with Gasteiger partial charge in [-0.05, 0) is 74.0 Å². The largest absolute Gasteiger partial charge is 0.395 e. The summed E-state index contributed by atoms with van der Waals surface area (Å²) in [6.45, 7) is 5.70. The first-order chi connectivity index (χ1) is 15.8. The number of hydrogen-bond donors (Lipinski definition) is 1. The molecule has 1 saturated carbocycles. The summed E-state index contributed by atoms with van der Waals surface area (Å²) in [6, 6.07) is 13.7. The topological polar surface area (TPSA) is 39.6 Å². The maximum atomic E-state index is 8.90. The molecule has 2 heterocycles. The van der Waals surface area contributed by atoms with Gasteiger partial charge in [0.05, 0.1) is 6.61 Å². The molecule has 4 nitrogen and oxygen atoms in total. The van der Waals surface area contributed by atoms with E-state index in [2.05, 4.69) is 57.0 Å². The summed E-state index contributed by atoms with van der Waals surface area (Å²) in [5, 5.41) is 8.90. The van der Waals surface area contributed by atoms with Gasteiger partial charge in [0.15, 0.2) is 0 Å². The number of nitrogens with zero attached hydrogens (tertiary/aromatic N) is 3. The van der Waals surface area contributed by atoms with Crippen molar-refractivity contribution in [1.29, 1.82) is 0 Å². The maximum Gasteiger partial charge on any atom is 0.0540 e. The van der Waals surface area contributed by atoms with Gasteiger partial charge >= 0.3 is 0 Å². The first-order valence-corrected chi connectivity index (χ1v) is 12.3. The lowest BCUT2D eigenvalue weighted by atomic mass is 9.94. The Morgan fingerprint density at radius 2 is 1.72 bits per heavy atom. The Balaban J connectivity index is 1.36. The third-order valence-electron chi connectivity index (χ3n) is 6.97. The molecule has 170 valence electrons. The van der Waals surface area contributed by atoms with Crippen LogP contribution in [0.3, 0.4) is 0 Å². The van der Waals surface area contributed by atoms with E-state index in [4.69, 9.17) is 5.11 Å². The quantitative estimate of drug-likeness (QED) is 0.626. The van der Waals surface area contributed by atoms with Gasteiger partial charge < -0.3 is 10.0 Å². The van der Waals surface area contributed by atoms with Gasteiger partial charge in [-0.3, -0.25) is 9.88 Å². The van der Waals surface area contributed by atoms with Crippen molar-refractivity contribution in [3.8, 4) is 11.8 Å². The maximum absolute atomic E-state index is 8.90. The van der Waals surface area contributed by atoms with Crippen LogP contribution >= 0.6 is 0 Å². The number of hydrogen-bond acceptors (Lipinski definition) is 4. The van der Waals surface area contributed by atoms with Crippen molar-refractivity contribution < 1.29 is 5.11 Å². The summed E-state index contributed by atoms with van der Waals surface area (Å²) in [6.07, 6.45) is 12.7. The van der Waals surface area contributed by atoms with Gasteiger partial charge in [0.2, 0.25) is 0 Å². The summed E-state index contributed by atoms with van der Waals surface area (Å²) >= 11 is 0. The number of pyridine rings is 1. The van der Waals surface area contributed by atoms with Gasteiger partial charge in [-0.15, -0.1) is 0 Å². The molecule has 0 atom stereocenters. The average molecular weight is 432 g/mol. The van der Waals surface area contributed by atoms with Crippen LogP contribution in [0.15, 0.2) is 48.8 Å². The van der Waals surface area contributed by atoms with E-state index in [-0.39, 0.29) is 6.61 Å². The van der Waals surface area contributed by atoms with Gasteiger partial charge in [0, 0.05) is 50.1 Å². The highest BCUT2D eigenvalue weighted by Crippen LogP contribution is 2.28. The average Bonchev–Trinajstić information content (AvgIpc) is 3.37. The Labute approximate surface area is 193 Å². The molecule has 0 unspecified atom stereocenters. The second kappa shape index (κ2) is 12.2. The lowest BCUT2D eigenvalue weighted by Gasteiger charge is -2.38. The zero-order valence-electron chi connectivity index (χ0n) is 19.3. The predicted molar refractivity (Wildman–Crippen MR) is 130 cm³/mol. The lowest BCUT2D eigenvalue weighted by molar-refractivity contribution is 0.107. The molecule has 1 N–H and O–H groups in total. The van der Waals surface area contributed by atoms with E-state index in [0.717, 1.165) is 37.2 Å². The van der Waals surface area contributed by atoms with Crippen LogP contribution in [0.2, 0.25) is 0 Å². The Kier molecular flexibility index (Phi) is 8.73. The van der Waals surface area contributed by atoms with E-state index in [9.17, 15) is 0 Å². The molecular weight excluding hydrogens is 394 g/mol. The molecule has 32 heavy (non-hydrogen) atoms. The van der Waals surface area contributed by atoms with Gasteiger partial charge in [-0.1, -0.05) is 42.9 Å². The van der Waals surface area contributed by atoms with Crippen molar-refractivity contribution in [2.75, 3.05) is 26.2 Å². The number of aromatic nitrogens is 1. The number of rotatable bonds is 8. The summed E-state index contributed by atoms with van der Waals surface area (Å²) < 4.78 is 0. The second-order valence-electron chi connectivity index (χ2n) is 9.42. The smallest absolute Gasteiger partial charge is 0.0540 e. The van der Waals surface area contributed by atoms with E-state index < -0.39 is 0 Å². The Hall–Kier alpha value is -2.19. The first-order valence-electron chi connectivity index (χ1n) is 12.3.